The van der Waals surface area contributed by atoms with Crippen molar-refractivity contribution in [1.82, 2.24) is 4.90 Å². The van der Waals surface area contributed by atoms with E-state index in [2.05, 4.69) is 19.1 Å². The molecule has 2 rings (SSSR count). The lowest BCUT2D eigenvalue weighted by molar-refractivity contribution is -0.149. The molecule has 0 aliphatic heterocycles. The van der Waals surface area contributed by atoms with Crippen LogP contribution in [0.4, 0.5) is 0 Å². The molecule has 1 aromatic heterocycles. The van der Waals surface area contributed by atoms with Crippen LogP contribution in [-0.4, -0.2) is 36.5 Å². The molecule has 20 heavy (non-hydrogen) atoms. The number of amides is 1. The number of thiophene rings is 1. The number of hydrogen-bond acceptors (Lipinski definition) is 4. The standard InChI is InChI=1S/C15H21NO3S/c1-4-16(9-14(17)19-5-2)15(18)12-8-11(12)13-7-6-10(3)20-13/h6-7,11-12H,4-5,8-9H2,1-3H3/t11-,12-/m1/s1. The van der Waals surface area contributed by atoms with Crippen LogP contribution in [0.25, 0.3) is 0 Å². The van der Waals surface area contributed by atoms with Crippen LogP contribution in [0.2, 0.25) is 0 Å². The highest BCUT2D eigenvalue weighted by atomic mass is 32.1. The average Bonchev–Trinajstić information content (AvgIpc) is 3.11. The van der Waals surface area contributed by atoms with Crippen molar-refractivity contribution < 1.29 is 14.3 Å². The molecule has 1 heterocycles. The summed E-state index contributed by atoms with van der Waals surface area (Å²) in [5.41, 5.74) is 0. The number of aryl methyl sites for hydroxylation is 1. The molecule has 1 fully saturated rings. The van der Waals surface area contributed by atoms with Crippen molar-refractivity contribution in [3.63, 3.8) is 0 Å². The summed E-state index contributed by atoms with van der Waals surface area (Å²) in [5, 5.41) is 0. The Balaban J connectivity index is 1.92. The predicted octanol–water partition coefficient (Wildman–Crippen LogP) is 2.57. The summed E-state index contributed by atoms with van der Waals surface area (Å²) >= 11 is 1.76. The molecular weight excluding hydrogens is 274 g/mol. The lowest BCUT2D eigenvalue weighted by Crippen LogP contribution is -2.37. The van der Waals surface area contributed by atoms with Crippen molar-refractivity contribution >= 4 is 23.2 Å². The summed E-state index contributed by atoms with van der Waals surface area (Å²) in [4.78, 5) is 28.1. The van der Waals surface area contributed by atoms with E-state index in [4.69, 9.17) is 4.74 Å². The van der Waals surface area contributed by atoms with E-state index in [1.165, 1.54) is 9.75 Å². The van der Waals surface area contributed by atoms with Crippen LogP contribution >= 0.6 is 11.3 Å². The van der Waals surface area contributed by atoms with Crippen molar-refractivity contribution in [2.45, 2.75) is 33.1 Å². The van der Waals surface area contributed by atoms with Crippen molar-refractivity contribution in [1.29, 1.82) is 0 Å². The van der Waals surface area contributed by atoms with Gasteiger partial charge in [0.2, 0.25) is 5.91 Å². The van der Waals surface area contributed by atoms with Crippen LogP contribution in [0.3, 0.4) is 0 Å². The Labute approximate surface area is 123 Å². The molecule has 110 valence electrons. The van der Waals surface area contributed by atoms with Gasteiger partial charge in [-0.2, -0.15) is 0 Å². The topological polar surface area (TPSA) is 46.6 Å². The molecule has 0 saturated heterocycles. The van der Waals surface area contributed by atoms with E-state index in [0.717, 1.165) is 6.42 Å². The van der Waals surface area contributed by atoms with E-state index < -0.39 is 0 Å². The molecule has 1 aliphatic carbocycles. The number of nitrogens with zero attached hydrogens (tertiary/aromatic N) is 1. The number of carbonyl (C=O) groups excluding carboxylic acids is 2. The third kappa shape index (κ3) is 3.39. The number of esters is 1. The van der Waals surface area contributed by atoms with E-state index in [0.29, 0.717) is 19.1 Å². The maximum atomic E-state index is 12.4. The van der Waals surface area contributed by atoms with Crippen LogP contribution < -0.4 is 0 Å². The Kier molecular flexibility index (Phi) is 4.81. The van der Waals surface area contributed by atoms with Gasteiger partial charge >= 0.3 is 5.97 Å². The fraction of sp³-hybridized carbons (Fsp3) is 0.600. The van der Waals surface area contributed by atoms with Crippen LogP contribution in [0.5, 0.6) is 0 Å². The smallest absolute Gasteiger partial charge is 0.325 e. The number of likely N-dealkylation sites (N-methyl/N-ethyl adjacent to an activating group) is 1. The number of carbonyl (C=O) groups is 2. The van der Waals surface area contributed by atoms with Crippen LogP contribution in [0.1, 0.15) is 35.9 Å². The van der Waals surface area contributed by atoms with Crippen molar-refractivity contribution in [2.75, 3.05) is 19.7 Å². The van der Waals surface area contributed by atoms with Gasteiger partial charge in [-0.05, 0) is 39.3 Å². The molecule has 0 radical (unpaired) electrons. The first-order chi connectivity index (χ1) is 9.56. The highest BCUT2D eigenvalue weighted by molar-refractivity contribution is 7.12. The van der Waals surface area contributed by atoms with Gasteiger partial charge in [0.25, 0.3) is 0 Å². The zero-order valence-electron chi connectivity index (χ0n) is 12.2. The Hall–Kier alpha value is -1.36. The number of rotatable bonds is 6. The molecule has 1 aromatic rings. The molecule has 0 aromatic carbocycles. The minimum Gasteiger partial charge on any atom is -0.465 e. The average molecular weight is 295 g/mol. The minimum atomic E-state index is -0.327. The van der Waals surface area contributed by atoms with Gasteiger partial charge in [0.15, 0.2) is 0 Å². The van der Waals surface area contributed by atoms with Gasteiger partial charge in [0.1, 0.15) is 6.54 Å². The molecule has 5 heteroatoms. The van der Waals surface area contributed by atoms with Gasteiger partial charge in [0.05, 0.1) is 6.61 Å². The summed E-state index contributed by atoms with van der Waals surface area (Å²) in [5.74, 6) is 0.142. The van der Waals surface area contributed by atoms with Gasteiger partial charge in [0, 0.05) is 28.1 Å². The third-order valence-electron chi connectivity index (χ3n) is 3.55. The first-order valence-corrected chi connectivity index (χ1v) is 7.89. The highest BCUT2D eigenvalue weighted by Gasteiger charge is 2.46. The monoisotopic (exact) mass is 295 g/mol. The van der Waals surface area contributed by atoms with E-state index in [-0.39, 0.29) is 24.3 Å². The van der Waals surface area contributed by atoms with Crippen LogP contribution in [0.15, 0.2) is 12.1 Å². The van der Waals surface area contributed by atoms with Gasteiger partial charge in [-0.3, -0.25) is 9.59 Å². The number of ether oxygens (including phenoxy) is 1. The Bertz CT molecular complexity index is 497. The lowest BCUT2D eigenvalue weighted by Gasteiger charge is -2.19. The second kappa shape index (κ2) is 6.39. The summed E-state index contributed by atoms with van der Waals surface area (Å²) < 4.78 is 4.91. The molecule has 0 N–H and O–H groups in total. The zero-order valence-corrected chi connectivity index (χ0v) is 13.0. The van der Waals surface area contributed by atoms with Crippen molar-refractivity contribution in [3.05, 3.63) is 21.9 Å². The third-order valence-corrected chi connectivity index (χ3v) is 4.69. The van der Waals surface area contributed by atoms with Gasteiger partial charge < -0.3 is 9.64 Å². The second-order valence-corrected chi connectivity index (χ2v) is 6.37. The first kappa shape index (κ1) is 15.0. The van der Waals surface area contributed by atoms with Crippen LogP contribution in [-0.2, 0) is 14.3 Å². The molecule has 1 aliphatic rings. The molecule has 0 bridgehead atoms. The summed E-state index contributed by atoms with van der Waals surface area (Å²) in [7, 11) is 0. The highest BCUT2D eigenvalue weighted by Crippen LogP contribution is 2.50. The maximum absolute atomic E-state index is 12.4. The largest absolute Gasteiger partial charge is 0.465 e. The van der Waals surface area contributed by atoms with Gasteiger partial charge in [-0.1, -0.05) is 0 Å². The van der Waals surface area contributed by atoms with E-state index in [1.807, 2.05) is 6.92 Å². The van der Waals surface area contributed by atoms with E-state index in [1.54, 1.807) is 23.2 Å². The fourth-order valence-corrected chi connectivity index (χ4v) is 3.43. The predicted molar refractivity (Wildman–Crippen MR) is 78.8 cm³/mol. The Morgan fingerprint density at radius 3 is 2.70 bits per heavy atom. The molecule has 0 unspecified atom stereocenters. The van der Waals surface area contributed by atoms with Crippen molar-refractivity contribution in [3.8, 4) is 0 Å². The van der Waals surface area contributed by atoms with Gasteiger partial charge in [-0.15, -0.1) is 11.3 Å². The van der Waals surface area contributed by atoms with Crippen molar-refractivity contribution in [2.24, 2.45) is 5.92 Å². The molecule has 1 saturated carbocycles. The Morgan fingerprint density at radius 1 is 1.40 bits per heavy atom. The molecule has 0 spiro atoms. The Morgan fingerprint density at radius 2 is 2.15 bits per heavy atom. The quantitative estimate of drug-likeness (QED) is 0.758. The molecule has 2 atom stereocenters. The van der Waals surface area contributed by atoms with Gasteiger partial charge in [-0.25, -0.2) is 0 Å². The normalized spacial score (nSPS) is 20.6. The maximum Gasteiger partial charge on any atom is 0.325 e. The van der Waals surface area contributed by atoms with E-state index >= 15 is 0 Å². The first-order valence-electron chi connectivity index (χ1n) is 7.07. The lowest BCUT2D eigenvalue weighted by atomic mass is 10.2. The zero-order chi connectivity index (χ0) is 14.7. The second-order valence-electron chi connectivity index (χ2n) is 5.05. The molecular formula is C15H21NO3S. The molecule has 4 nitrogen and oxygen atoms in total. The number of hydrogen-bond donors (Lipinski definition) is 0. The van der Waals surface area contributed by atoms with Crippen LogP contribution in [0, 0.1) is 12.8 Å². The summed E-state index contributed by atoms with van der Waals surface area (Å²) in [6, 6.07) is 4.20. The minimum absolute atomic E-state index is 0.0439. The summed E-state index contributed by atoms with van der Waals surface area (Å²) in [6.45, 7) is 6.70. The van der Waals surface area contributed by atoms with E-state index in [9.17, 15) is 9.59 Å². The summed E-state index contributed by atoms with van der Waals surface area (Å²) in [6.07, 6.45) is 0.901. The fourth-order valence-electron chi connectivity index (χ4n) is 2.38. The molecule has 1 amide bonds. The SMILES string of the molecule is CCOC(=O)CN(CC)C(=O)[C@@H]1C[C@H]1c1ccc(C)s1.